The number of carbonyl (C=O) groups excluding carboxylic acids is 2. The molecule has 0 saturated carbocycles. The highest BCUT2D eigenvalue weighted by Gasteiger charge is 2.25. The average Bonchev–Trinajstić information content (AvgIpc) is 3.08. The Kier molecular flexibility index (Phi) is 5.02. The van der Waals surface area contributed by atoms with Gasteiger partial charge >= 0.3 is 5.97 Å². The van der Waals surface area contributed by atoms with Gasteiger partial charge in [-0.15, -0.1) is 0 Å². The van der Waals surface area contributed by atoms with Crippen LogP contribution in [0.15, 0.2) is 18.2 Å². The number of hydrogen-bond donors (Lipinski definition) is 0. The van der Waals surface area contributed by atoms with Gasteiger partial charge < -0.3 is 14.5 Å². The third-order valence-electron chi connectivity index (χ3n) is 4.64. The van der Waals surface area contributed by atoms with Crippen LogP contribution < -0.4 is 9.80 Å². The molecular formula is C20H28N2O3. The first kappa shape index (κ1) is 17.8. The van der Waals surface area contributed by atoms with Gasteiger partial charge in [0.25, 0.3) is 0 Å². The number of benzene rings is 1. The topological polar surface area (TPSA) is 49.9 Å². The molecule has 2 saturated heterocycles. The van der Waals surface area contributed by atoms with E-state index in [1.807, 2.05) is 37.8 Å². The maximum Gasteiger partial charge on any atom is 0.338 e. The molecule has 0 aliphatic carbocycles. The van der Waals surface area contributed by atoms with Crippen molar-refractivity contribution in [1.29, 1.82) is 0 Å². The number of piperidine rings is 1. The molecule has 2 aliphatic rings. The molecule has 0 spiro atoms. The summed E-state index contributed by atoms with van der Waals surface area (Å²) in [6.45, 7) is 8.30. The number of amides is 1. The summed E-state index contributed by atoms with van der Waals surface area (Å²) in [6, 6.07) is 5.75. The fourth-order valence-corrected chi connectivity index (χ4v) is 3.44. The molecule has 25 heavy (non-hydrogen) atoms. The molecule has 1 aromatic rings. The minimum Gasteiger partial charge on any atom is -0.456 e. The minimum absolute atomic E-state index is 0.139. The van der Waals surface area contributed by atoms with E-state index in [2.05, 4.69) is 4.90 Å². The molecule has 0 unspecified atom stereocenters. The van der Waals surface area contributed by atoms with Crippen molar-refractivity contribution in [2.24, 2.45) is 0 Å². The molecule has 2 fully saturated rings. The highest BCUT2D eigenvalue weighted by molar-refractivity contribution is 5.98. The number of esters is 1. The standard InChI is InChI=1S/C20H28N2O3/c1-20(2,3)25-19(24)15-12-16(21-9-6-7-10-21)14-17(13-15)22-11-5-4-8-18(22)23/h12-14H,4-11H2,1-3H3. The molecule has 0 bridgehead atoms. The summed E-state index contributed by atoms with van der Waals surface area (Å²) in [6.07, 6.45) is 4.85. The molecule has 5 heteroatoms. The summed E-state index contributed by atoms with van der Waals surface area (Å²) >= 11 is 0. The van der Waals surface area contributed by atoms with Crippen molar-refractivity contribution in [3.63, 3.8) is 0 Å². The molecule has 0 atom stereocenters. The molecule has 2 aliphatic heterocycles. The Balaban J connectivity index is 1.96. The lowest BCUT2D eigenvalue weighted by atomic mass is 10.1. The molecular weight excluding hydrogens is 316 g/mol. The van der Waals surface area contributed by atoms with Gasteiger partial charge in [-0.1, -0.05) is 0 Å². The zero-order valence-corrected chi connectivity index (χ0v) is 15.5. The van der Waals surface area contributed by atoms with E-state index in [1.165, 1.54) is 0 Å². The van der Waals surface area contributed by atoms with Crippen molar-refractivity contribution < 1.29 is 14.3 Å². The molecule has 1 aromatic carbocycles. The van der Waals surface area contributed by atoms with E-state index in [9.17, 15) is 9.59 Å². The van der Waals surface area contributed by atoms with Gasteiger partial charge in [-0.05, 0) is 64.7 Å². The maximum atomic E-state index is 12.6. The van der Waals surface area contributed by atoms with Crippen molar-refractivity contribution in [3.05, 3.63) is 23.8 Å². The average molecular weight is 344 g/mol. The third kappa shape index (κ3) is 4.33. The molecule has 1 amide bonds. The summed E-state index contributed by atoms with van der Waals surface area (Å²) < 4.78 is 5.55. The second kappa shape index (κ2) is 7.06. The van der Waals surface area contributed by atoms with E-state index >= 15 is 0 Å². The monoisotopic (exact) mass is 344 g/mol. The van der Waals surface area contributed by atoms with Crippen LogP contribution in [0.1, 0.15) is 63.2 Å². The Bertz CT molecular complexity index is 657. The van der Waals surface area contributed by atoms with Gasteiger partial charge in [0.1, 0.15) is 5.60 Å². The zero-order valence-electron chi connectivity index (χ0n) is 15.5. The number of carbonyl (C=O) groups is 2. The first-order valence-electron chi connectivity index (χ1n) is 9.27. The van der Waals surface area contributed by atoms with Crippen LogP contribution in [0, 0.1) is 0 Å². The molecule has 5 nitrogen and oxygen atoms in total. The lowest BCUT2D eigenvalue weighted by Crippen LogP contribution is -2.35. The van der Waals surface area contributed by atoms with Crippen LogP contribution in [0.4, 0.5) is 11.4 Å². The minimum atomic E-state index is -0.540. The van der Waals surface area contributed by atoms with Crippen LogP contribution in [0.2, 0.25) is 0 Å². The highest BCUT2D eigenvalue weighted by atomic mass is 16.6. The van der Waals surface area contributed by atoms with Gasteiger partial charge in [-0.3, -0.25) is 4.79 Å². The SMILES string of the molecule is CC(C)(C)OC(=O)c1cc(N2CCCC2)cc(N2CCCCC2=O)c1. The van der Waals surface area contributed by atoms with E-state index < -0.39 is 5.60 Å². The first-order valence-corrected chi connectivity index (χ1v) is 9.27. The number of rotatable bonds is 3. The van der Waals surface area contributed by atoms with Crippen LogP contribution in [-0.4, -0.2) is 37.1 Å². The lowest BCUT2D eigenvalue weighted by molar-refractivity contribution is -0.119. The predicted octanol–water partition coefficient (Wildman–Crippen LogP) is 3.76. The van der Waals surface area contributed by atoms with Crippen molar-refractivity contribution in [2.75, 3.05) is 29.4 Å². The van der Waals surface area contributed by atoms with Crippen LogP contribution in [0.3, 0.4) is 0 Å². The van der Waals surface area contributed by atoms with Crippen LogP contribution in [0.5, 0.6) is 0 Å². The van der Waals surface area contributed by atoms with Crippen LogP contribution in [0.25, 0.3) is 0 Å². The molecule has 136 valence electrons. The summed E-state index contributed by atoms with van der Waals surface area (Å²) in [5.41, 5.74) is 1.80. The number of anilines is 2. The highest BCUT2D eigenvalue weighted by Crippen LogP contribution is 2.30. The Morgan fingerprint density at radius 2 is 1.60 bits per heavy atom. The number of nitrogens with zero attached hydrogens (tertiary/aromatic N) is 2. The first-order chi connectivity index (χ1) is 11.8. The quantitative estimate of drug-likeness (QED) is 0.784. The molecule has 0 N–H and O–H groups in total. The summed E-state index contributed by atoms with van der Waals surface area (Å²) in [5.74, 6) is -0.195. The Hall–Kier alpha value is -2.04. The maximum absolute atomic E-state index is 12.6. The smallest absolute Gasteiger partial charge is 0.338 e. The molecule has 0 aromatic heterocycles. The zero-order chi connectivity index (χ0) is 18.0. The molecule has 3 rings (SSSR count). The van der Waals surface area contributed by atoms with Crippen molar-refractivity contribution in [1.82, 2.24) is 0 Å². The molecule has 0 radical (unpaired) electrons. The molecule has 2 heterocycles. The number of hydrogen-bond acceptors (Lipinski definition) is 4. The summed E-state index contributed by atoms with van der Waals surface area (Å²) in [4.78, 5) is 29.0. The van der Waals surface area contributed by atoms with E-state index in [-0.39, 0.29) is 11.9 Å². The van der Waals surface area contributed by atoms with Gasteiger partial charge in [-0.25, -0.2) is 4.79 Å². The fraction of sp³-hybridized carbons (Fsp3) is 0.600. The van der Waals surface area contributed by atoms with Crippen molar-refractivity contribution in [2.45, 2.75) is 58.5 Å². The van der Waals surface area contributed by atoms with Crippen molar-refractivity contribution >= 4 is 23.3 Å². The van der Waals surface area contributed by atoms with Gasteiger partial charge in [0.05, 0.1) is 5.56 Å². The Labute approximate surface area is 149 Å². The van der Waals surface area contributed by atoms with Crippen LogP contribution >= 0.6 is 0 Å². The van der Waals surface area contributed by atoms with E-state index in [1.54, 1.807) is 6.07 Å². The van der Waals surface area contributed by atoms with Gasteiger partial charge in [0, 0.05) is 37.4 Å². The predicted molar refractivity (Wildman–Crippen MR) is 99.3 cm³/mol. The van der Waals surface area contributed by atoms with E-state index in [0.717, 1.165) is 56.7 Å². The van der Waals surface area contributed by atoms with Crippen LogP contribution in [-0.2, 0) is 9.53 Å². The van der Waals surface area contributed by atoms with Gasteiger partial charge in [0.2, 0.25) is 5.91 Å². The Morgan fingerprint density at radius 3 is 2.24 bits per heavy atom. The van der Waals surface area contributed by atoms with Crippen molar-refractivity contribution in [3.8, 4) is 0 Å². The second-order valence-electron chi connectivity index (χ2n) is 7.94. The number of ether oxygens (including phenoxy) is 1. The fourth-order valence-electron chi connectivity index (χ4n) is 3.44. The van der Waals surface area contributed by atoms with Gasteiger partial charge in [-0.2, -0.15) is 0 Å². The largest absolute Gasteiger partial charge is 0.456 e. The lowest BCUT2D eigenvalue weighted by Gasteiger charge is -2.29. The second-order valence-corrected chi connectivity index (χ2v) is 7.94. The Morgan fingerprint density at radius 1 is 0.960 bits per heavy atom. The summed E-state index contributed by atoms with van der Waals surface area (Å²) in [5, 5.41) is 0. The van der Waals surface area contributed by atoms with Gasteiger partial charge in [0.15, 0.2) is 0 Å². The van der Waals surface area contributed by atoms with E-state index in [4.69, 9.17) is 4.74 Å². The van der Waals surface area contributed by atoms with E-state index in [0.29, 0.717) is 12.0 Å². The summed E-state index contributed by atoms with van der Waals surface area (Å²) in [7, 11) is 0. The third-order valence-corrected chi connectivity index (χ3v) is 4.64. The normalized spacial score (nSPS) is 18.6.